The molecule has 0 aromatic carbocycles. The zero-order valence-electron chi connectivity index (χ0n) is 6.34. The standard InChI is InChI=1S/C9H15N/c1-3-9-4-2-8(1)5-6-10-7-9/h5-6,8-10H,1-4,7H2. The molecule has 1 saturated carbocycles. The maximum atomic E-state index is 3.34. The first-order valence-corrected chi connectivity index (χ1v) is 4.35. The summed E-state index contributed by atoms with van der Waals surface area (Å²) in [5, 5.41) is 3.34. The van der Waals surface area contributed by atoms with Crippen LogP contribution in [0.4, 0.5) is 0 Å². The van der Waals surface area contributed by atoms with Crippen LogP contribution in [0.1, 0.15) is 25.7 Å². The van der Waals surface area contributed by atoms with Crippen molar-refractivity contribution < 1.29 is 0 Å². The predicted octanol–water partition coefficient (Wildman–Crippen LogP) is 1.91. The van der Waals surface area contributed by atoms with Crippen molar-refractivity contribution in [3.63, 3.8) is 0 Å². The second-order valence-electron chi connectivity index (χ2n) is 3.55. The molecule has 1 N–H and O–H groups in total. The minimum absolute atomic E-state index is 0.893. The van der Waals surface area contributed by atoms with E-state index in [-0.39, 0.29) is 0 Å². The largest absolute Gasteiger partial charge is 0.391 e. The first-order chi connectivity index (χ1) is 4.95. The van der Waals surface area contributed by atoms with Crippen LogP contribution in [0.3, 0.4) is 0 Å². The highest BCUT2D eigenvalue weighted by Gasteiger charge is 2.20. The summed E-state index contributed by atoms with van der Waals surface area (Å²) >= 11 is 0. The number of rotatable bonds is 0. The first kappa shape index (κ1) is 6.26. The van der Waals surface area contributed by atoms with Gasteiger partial charge in [0.1, 0.15) is 0 Å². The number of hydrogen-bond acceptors (Lipinski definition) is 1. The van der Waals surface area contributed by atoms with Gasteiger partial charge in [-0.1, -0.05) is 6.08 Å². The van der Waals surface area contributed by atoms with Gasteiger partial charge in [0, 0.05) is 6.54 Å². The third-order valence-electron chi connectivity index (χ3n) is 2.78. The smallest absolute Gasteiger partial charge is 0.0169 e. The van der Waals surface area contributed by atoms with Crippen molar-refractivity contribution in [2.75, 3.05) is 6.54 Å². The summed E-state index contributed by atoms with van der Waals surface area (Å²) in [5.41, 5.74) is 0. The lowest BCUT2D eigenvalue weighted by atomic mass is 9.81. The van der Waals surface area contributed by atoms with Gasteiger partial charge in [-0.05, 0) is 43.7 Å². The molecule has 2 aliphatic heterocycles. The first-order valence-electron chi connectivity index (χ1n) is 4.35. The zero-order valence-corrected chi connectivity index (χ0v) is 6.34. The molecular weight excluding hydrogens is 122 g/mol. The van der Waals surface area contributed by atoms with E-state index in [0.717, 1.165) is 11.8 Å². The molecule has 1 fully saturated rings. The van der Waals surface area contributed by atoms with Gasteiger partial charge in [0.25, 0.3) is 0 Å². The summed E-state index contributed by atoms with van der Waals surface area (Å²) < 4.78 is 0. The minimum atomic E-state index is 0.893. The molecule has 1 aliphatic carbocycles. The average Bonchev–Trinajstić information content (AvgIpc) is 1.89. The van der Waals surface area contributed by atoms with Crippen LogP contribution in [0.15, 0.2) is 12.3 Å². The fraction of sp³-hybridized carbons (Fsp3) is 0.778. The van der Waals surface area contributed by atoms with E-state index in [2.05, 4.69) is 17.6 Å². The van der Waals surface area contributed by atoms with Crippen LogP contribution in [0, 0.1) is 11.8 Å². The van der Waals surface area contributed by atoms with Crippen LogP contribution in [0.5, 0.6) is 0 Å². The summed E-state index contributed by atoms with van der Waals surface area (Å²) in [7, 11) is 0. The van der Waals surface area contributed by atoms with Crippen molar-refractivity contribution in [3.8, 4) is 0 Å². The molecule has 56 valence electrons. The molecule has 2 bridgehead atoms. The topological polar surface area (TPSA) is 12.0 Å². The molecule has 0 atom stereocenters. The van der Waals surface area contributed by atoms with Gasteiger partial charge in [0.15, 0.2) is 0 Å². The quantitative estimate of drug-likeness (QED) is 0.537. The summed E-state index contributed by atoms with van der Waals surface area (Å²) in [5.74, 6) is 1.87. The lowest BCUT2D eigenvalue weighted by Crippen LogP contribution is -2.25. The average molecular weight is 137 g/mol. The van der Waals surface area contributed by atoms with E-state index in [1.54, 1.807) is 0 Å². The van der Waals surface area contributed by atoms with Gasteiger partial charge >= 0.3 is 0 Å². The number of nitrogens with one attached hydrogen (secondary N) is 1. The number of allylic oxidation sites excluding steroid dienone is 1. The van der Waals surface area contributed by atoms with Gasteiger partial charge < -0.3 is 5.32 Å². The summed E-state index contributed by atoms with van der Waals surface area (Å²) in [6.45, 7) is 1.21. The molecule has 0 unspecified atom stereocenters. The molecule has 3 rings (SSSR count). The Kier molecular flexibility index (Phi) is 1.66. The summed E-state index contributed by atoms with van der Waals surface area (Å²) in [6, 6.07) is 0. The van der Waals surface area contributed by atoms with E-state index in [9.17, 15) is 0 Å². The fourth-order valence-corrected chi connectivity index (χ4v) is 2.02. The summed E-state index contributed by atoms with van der Waals surface area (Å²) in [4.78, 5) is 0. The van der Waals surface area contributed by atoms with Crippen molar-refractivity contribution in [3.05, 3.63) is 12.3 Å². The Morgan fingerprint density at radius 2 is 1.90 bits per heavy atom. The lowest BCUT2D eigenvalue weighted by Gasteiger charge is -2.28. The SMILES string of the molecule is C1=CC2CCC(CC2)CN1. The molecular formula is C9H15N. The Morgan fingerprint density at radius 1 is 1.10 bits per heavy atom. The molecule has 1 heteroatoms. The highest BCUT2D eigenvalue weighted by Crippen LogP contribution is 2.30. The third-order valence-corrected chi connectivity index (χ3v) is 2.78. The Balaban J connectivity index is 2.07. The molecule has 10 heavy (non-hydrogen) atoms. The van der Waals surface area contributed by atoms with Gasteiger partial charge in [0.2, 0.25) is 0 Å². The normalized spacial score (nSPS) is 38.4. The highest BCUT2D eigenvalue weighted by atomic mass is 14.8. The monoisotopic (exact) mass is 137 g/mol. The predicted molar refractivity (Wildman–Crippen MR) is 42.6 cm³/mol. The summed E-state index contributed by atoms with van der Waals surface area (Å²) in [6.07, 6.45) is 10.3. The van der Waals surface area contributed by atoms with Crippen molar-refractivity contribution in [2.45, 2.75) is 25.7 Å². The van der Waals surface area contributed by atoms with E-state index in [4.69, 9.17) is 0 Å². The number of hydrogen-bond donors (Lipinski definition) is 1. The molecule has 0 aromatic rings. The molecule has 2 heterocycles. The third kappa shape index (κ3) is 1.18. The fourth-order valence-electron chi connectivity index (χ4n) is 2.02. The van der Waals surface area contributed by atoms with Crippen LogP contribution in [-0.2, 0) is 0 Å². The second kappa shape index (κ2) is 2.65. The van der Waals surface area contributed by atoms with Crippen LogP contribution in [-0.4, -0.2) is 6.54 Å². The molecule has 0 spiro atoms. The minimum Gasteiger partial charge on any atom is -0.391 e. The van der Waals surface area contributed by atoms with E-state index in [1.807, 2.05) is 0 Å². The van der Waals surface area contributed by atoms with Crippen LogP contribution < -0.4 is 5.32 Å². The Morgan fingerprint density at radius 3 is 2.70 bits per heavy atom. The maximum Gasteiger partial charge on any atom is 0.0169 e. The molecule has 0 amide bonds. The van der Waals surface area contributed by atoms with E-state index in [1.165, 1.54) is 32.2 Å². The molecule has 0 radical (unpaired) electrons. The second-order valence-corrected chi connectivity index (χ2v) is 3.55. The van der Waals surface area contributed by atoms with Crippen LogP contribution >= 0.6 is 0 Å². The number of fused-ring (bicyclic) bond motifs is 4. The Hall–Kier alpha value is -0.460. The van der Waals surface area contributed by atoms with Crippen LogP contribution in [0.25, 0.3) is 0 Å². The van der Waals surface area contributed by atoms with E-state index in [0.29, 0.717) is 0 Å². The van der Waals surface area contributed by atoms with Crippen LogP contribution in [0.2, 0.25) is 0 Å². The van der Waals surface area contributed by atoms with Crippen molar-refractivity contribution >= 4 is 0 Å². The van der Waals surface area contributed by atoms with E-state index >= 15 is 0 Å². The van der Waals surface area contributed by atoms with E-state index < -0.39 is 0 Å². The Bertz CT molecular complexity index is 132. The van der Waals surface area contributed by atoms with Gasteiger partial charge in [-0.15, -0.1) is 0 Å². The van der Waals surface area contributed by atoms with Crippen molar-refractivity contribution in [2.24, 2.45) is 11.8 Å². The maximum absolute atomic E-state index is 3.34. The highest BCUT2D eigenvalue weighted by molar-refractivity contribution is 4.93. The Labute approximate surface area is 62.5 Å². The lowest BCUT2D eigenvalue weighted by molar-refractivity contribution is 0.298. The molecule has 3 aliphatic rings. The van der Waals surface area contributed by atoms with Gasteiger partial charge in [-0.2, -0.15) is 0 Å². The molecule has 0 aromatic heterocycles. The zero-order chi connectivity index (χ0) is 6.81. The van der Waals surface area contributed by atoms with Gasteiger partial charge in [-0.3, -0.25) is 0 Å². The van der Waals surface area contributed by atoms with Gasteiger partial charge in [0.05, 0.1) is 0 Å². The molecule has 1 nitrogen and oxygen atoms in total. The molecule has 0 saturated heterocycles. The van der Waals surface area contributed by atoms with Crippen molar-refractivity contribution in [1.29, 1.82) is 0 Å². The van der Waals surface area contributed by atoms with Crippen molar-refractivity contribution in [1.82, 2.24) is 5.32 Å². The van der Waals surface area contributed by atoms with Gasteiger partial charge in [-0.25, -0.2) is 0 Å².